The van der Waals surface area contributed by atoms with Crippen LogP contribution in [0.3, 0.4) is 0 Å². The van der Waals surface area contributed by atoms with Gasteiger partial charge in [-0.05, 0) is 29.0 Å². The number of nitrogens with one attached hydrogen (secondary N) is 1. The highest BCUT2D eigenvalue weighted by Crippen LogP contribution is 2.30. The first-order chi connectivity index (χ1) is 11.6. The second-order valence-corrected chi connectivity index (χ2v) is 5.27. The number of nitrogens with two attached hydrogens (primary N) is 1. The van der Waals surface area contributed by atoms with Crippen molar-refractivity contribution in [1.82, 2.24) is 5.32 Å². The highest BCUT2D eigenvalue weighted by atomic mass is 16.3. The number of phenolic OH excluding ortho intramolecular Hbond substituents is 2. The lowest BCUT2D eigenvalue weighted by Gasteiger charge is -2.10. The van der Waals surface area contributed by atoms with Crippen molar-refractivity contribution < 1.29 is 15.0 Å². The molecule has 0 aromatic heterocycles. The molecule has 0 radical (unpaired) electrons. The van der Waals surface area contributed by atoms with E-state index >= 15 is 0 Å². The molecular weight excluding hydrogens is 304 g/mol. The van der Waals surface area contributed by atoms with Gasteiger partial charge in [-0.15, -0.1) is 0 Å². The maximum atomic E-state index is 12.1. The number of amides is 1. The minimum Gasteiger partial charge on any atom is -0.507 e. The van der Waals surface area contributed by atoms with Gasteiger partial charge in [-0.3, -0.25) is 4.79 Å². The van der Waals surface area contributed by atoms with Gasteiger partial charge >= 0.3 is 0 Å². The molecule has 0 aliphatic rings. The molecule has 5 N–H and O–H groups in total. The predicted molar refractivity (Wildman–Crippen MR) is 93.4 cm³/mol. The number of fused-ring (bicyclic) bond motifs is 1. The number of hydrogen-bond acceptors (Lipinski definition) is 4. The Balaban J connectivity index is 1.94. The molecule has 0 bridgehead atoms. The number of hydrogen-bond donors (Lipinski definition) is 4. The summed E-state index contributed by atoms with van der Waals surface area (Å²) in [5.41, 5.74) is 6.86. The zero-order valence-electron chi connectivity index (χ0n) is 12.7. The second-order valence-electron chi connectivity index (χ2n) is 5.27. The third kappa shape index (κ3) is 2.87. The molecular formula is C19H16N2O3. The molecule has 0 unspecified atom stereocenters. The van der Waals surface area contributed by atoms with Crippen LogP contribution < -0.4 is 11.1 Å². The summed E-state index contributed by atoms with van der Waals surface area (Å²) in [5, 5.41) is 24.1. The summed E-state index contributed by atoms with van der Waals surface area (Å²) < 4.78 is 0. The Kier molecular flexibility index (Phi) is 4.07. The Morgan fingerprint density at radius 1 is 0.917 bits per heavy atom. The molecule has 120 valence electrons. The Bertz CT molecular complexity index is 948. The average Bonchev–Trinajstić information content (AvgIpc) is 2.59. The minimum absolute atomic E-state index is 0.0271. The molecule has 0 atom stereocenters. The summed E-state index contributed by atoms with van der Waals surface area (Å²) in [6.07, 6.45) is 1.32. The van der Waals surface area contributed by atoms with Crippen LogP contribution in [0.15, 0.2) is 66.9 Å². The van der Waals surface area contributed by atoms with Gasteiger partial charge in [0.15, 0.2) is 0 Å². The number of rotatable bonds is 3. The van der Waals surface area contributed by atoms with E-state index in [4.69, 9.17) is 5.73 Å². The van der Waals surface area contributed by atoms with Crippen molar-refractivity contribution in [2.45, 2.75) is 0 Å². The first kappa shape index (κ1) is 15.4. The van der Waals surface area contributed by atoms with E-state index in [2.05, 4.69) is 5.32 Å². The zero-order chi connectivity index (χ0) is 17.1. The van der Waals surface area contributed by atoms with E-state index < -0.39 is 5.91 Å². The Morgan fingerprint density at radius 2 is 1.62 bits per heavy atom. The van der Waals surface area contributed by atoms with Gasteiger partial charge in [0.1, 0.15) is 11.5 Å². The SMILES string of the molecule is N/C(=C\NC(=O)c1ccccc1O)c1c(O)ccc2ccccc12. The van der Waals surface area contributed by atoms with Crippen LogP contribution in [0.2, 0.25) is 0 Å². The van der Waals surface area contributed by atoms with Gasteiger partial charge in [-0.25, -0.2) is 0 Å². The summed E-state index contributed by atoms with van der Waals surface area (Å²) in [6, 6.07) is 17.1. The average molecular weight is 320 g/mol. The number of phenols is 2. The molecule has 3 aromatic rings. The second kappa shape index (κ2) is 6.34. The number of aromatic hydroxyl groups is 2. The normalized spacial score (nSPS) is 11.4. The number of para-hydroxylation sites is 1. The van der Waals surface area contributed by atoms with Crippen LogP contribution in [0.5, 0.6) is 11.5 Å². The molecule has 0 heterocycles. The quantitative estimate of drug-likeness (QED) is 0.596. The molecule has 0 fully saturated rings. The number of benzene rings is 3. The van der Waals surface area contributed by atoms with Crippen LogP contribution >= 0.6 is 0 Å². The van der Waals surface area contributed by atoms with E-state index in [-0.39, 0.29) is 22.8 Å². The van der Waals surface area contributed by atoms with Gasteiger partial charge in [0.05, 0.1) is 11.3 Å². The largest absolute Gasteiger partial charge is 0.507 e. The van der Waals surface area contributed by atoms with E-state index in [0.717, 1.165) is 10.8 Å². The first-order valence-electron chi connectivity index (χ1n) is 7.33. The van der Waals surface area contributed by atoms with Gasteiger partial charge < -0.3 is 21.3 Å². The Hall–Kier alpha value is -3.47. The molecule has 0 aliphatic carbocycles. The predicted octanol–water partition coefficient (Wildman–Crippen LogP) is 2.94. The van der Waals surface area contributed by atoms with Gasteiger partial charge in [0.25, 0.3) is 5.91 Å². The first-order valence-corrected chi connectivity index (χ1v) is 7.33. The minimum atomic E-state index is -0.490. The molecule has 0 aliphatic heterocycles. The fourth-order valence-corrected chi connectivity index (χ4v) is 2.52. The van der Waals surface area contributed by atoms with E-state index in [1.54, 1.807) is 24.3 Å². The topological polar surface area (TPSA) is 95.6 Å². The Labute approximate surface area is 138 Å². The molecule has 0 spiro atoms. The lowest BCUT2D eigenvalue weighted by molar-refractivity contribution is 0.0967. The standard InChI is InChI=1S/C19H16N2O3/c20-15(11-21-19(24)14-7-3-4-8-16(14)22)18-13-6-2-1-5-12(13)9-10-17(18)23/h1-11,22-23H,20H2,(H,21,24)/b15-11-. The zero-order valence-corrected chi connectivity index (χ0v) is 12.7. The van der Waals surface area contributed by atoms with Crippen molar-refractivity contribution in [2.75, 3.05) is 0 Å². The van der Waals surface area contributed by atoms with E-state index in [0.29, 0.717) is 5.56 Å². The summed E-state index contributed by atoms with van der Waals surface area (Å²) >= 11 is 0. The third-order valence-electron chi connectivity index (χ3n) is 3.70. The third-order valence-corrected chi connectivity index (χ3v) is 3.70. The van der Waals surface area contributed by atoms with Crippen molar-refractivity contribution in [3.63, 3.8) is 0 Å². The van der Waals surface area contributed by atoms with Crippen molar-refractivity contribution in [3.8, 4) is 11.5 Å². The lowest BCUT2D eigenvalue weighted by Crippen LogP contribution is -2.19. The monoisotopic (exact) mass is 320 g/mol. The van der Waals surface area contributed by atoms with E-state index in [1.807, 2.05) is 24.3 Å². The lowest BCUT2D eigenvalue weighted by atomic mass is 10.0. The van der Waals surface area contributed by atoms with Crippen molar-refractivity contribution in [3.05, 3.63) is 78.0 Å². The molecule has 0 saturated heterocycles. The molecule has 5 nitrogen and oxygen atoms in total. The van der Waals surface area contributed by atoms with Gasteiger partial charge in [0.2, 0.25) is 0 Å². The van der Waals surface area contributed by atoms with Crippen LogP contribution in [-0.2, 0) is 0 Å². The fourth-order valence-electron chi connectivity index (χ4n) is 2.52. The molecule has 1 amide bonds. The Morgan fingerprint density at radius 3 is 2.42 bits per heavy atom. The van der Waals surface area contributed by atoms with Gasteiger partial charge in [-0.2, -0.15) is 0 Å². The van der Waals surface area contributed by atoms with Crippen LogP contribution in [0.1, 0.15) is 15.9 Å². The van der Waals surface area contributed by atoms with Crippen LogP contribution in [0.4, 0.5) is 0 Å². The van der Waals surface area contributed by atoms with Crippen LogP contribution in [0.25, 0.3) is 16.5 Å². The summed E-state index contributed by atoms with van der Waals surface area (Å²) in [5.74, 6) is -0.579. The fraction of sp³-hybridized carbons (Fsp3) is 0. The maximum Gasteiger partial charge on any atom is 0.259 e. The number of carbonyl (C=O) groups is 1. The van der Waals surface area contributed by atoms with Crippen molar-refractivity contribution >= 4 is 22.4 Å². The van der Waals surface area contributed by atoms with E-state index in [9.17, 15) is 15.0 Å². The highest BCUT2D eigenvalue weighted by Gasteiger charge is 2.12. The molecule has 24 heavy (non-hydrogen) atoms. The smallest absolute Gasteiger partial charge is 0.259 e. The van der Waals surface area contributed by atoms with Gasteiger partial charge in [0, 0.05) is 11.8 Å². The highest BCUT2D eigenvalue weighted by molar-refractivity contribution is 5.99. The summed E-state index contributed by atoms with van der Waals surface area (Å²) in [4.78, 5) is 12.1. The van der Waals surface area contributed by atoms with Crippen molar-refractivity contribution in [1.29, 1.82) is 0 Å². The van der Waals surface area contributed by atoms with Crippen molar-refractivity contribution in [2.24, 2.45) is 5.73 Å². The molecule has 5 heteroatoms. The summed E-state index contributed by atoms with van der Waals surface area (Å²) in [6.45, 7) is 0. The number of carbonyl (C=O) groups excluding carboxylic acids is 1. The maximum absolute atomic E-state index is 12.1. The van der Waals surface area contributed by atoms with Crippen LogP contribution in [0, 0.1) is 0 Å². The molecule has 0 saturated carbocycles. The summed E-state index contributed by atoms with van der Waals surface area (Å²) in [7, 11) is 0. The van der Waals surface area contributed by atoms with E-state index in [1.165, 1.54) is 18.3 Å². The molecule has 3 aromatic carbocycles. The van der Waals surface area contributed by atoms with Crippen LogP contribution in [-0.4, -0.2) is 16.1 Å². The van der Waals surface area contributed by atoms with Gasteiger partial charge in [-0.1, -0.05) is 42.5 Å². The molecule has 3 rings (SSSR count).